The molecular formula is C45H35N. The Balaban J connectivity index is 1.15. The van der Waals surface area contributed by atoms with Crippen LogP contribution in [0.4, 0.5) is 0 Å². The number of allylic oxidation sites excluding steroid dienone is 5. The fraction of sp³-hybridized carbons (Fsp3) is 0.156. The number of rotatable bonds is 2. The molecule has 10 rings (SSSR count). The normalized spacial score (nSPS) is 18.1. The van der Waals surface area contributed by atoms with Gasteiger partial charge in [-0.15, -0.1) is 0 Å². The van der Waals surface area contributed by atoms with Crippen LogP contribution >= 0.6 is 0 Å². The number of hydrogen-bond donors (Lipinski definition) is 0. The molecule has 1 heteroatoms. The first kappa shape index (κ1) is 26.1. The summed E-state index contributed by atoms with van der Waals surface area (Å²) in [6.07, 6.45) is 13.0. The van der Waals surface area contributed by atoms with E-state index >= 15 is 0 Å². The lowest BCUT2D eigenvalue weighted by Crippen LogP contribution is -2.16. The number of aryl methyl sites for hydroxylation is 1. The summed E-state index contributed by atoms with van der Waals surface area (Å²) in [7, 11) is 0. The summed E-state index contributed by atoms with van der Waals surface area (Å²) in [6, 6.07) is 41.2. The first-order valence-corrected chi connectivity index (χ1v) is 16.8. The lowest BCUT2D eigenvalue weighted by Gasteiger charge is -2.26. The van der Waals surface area contributed by atoms with Crippen molar-refractivity contribution in [3.63, 3.8) is 0 Å². The monoisotopic (exact) mass is 589 g/mol. The van der Waals surface area contributed by atoms with Gasteiger partial charge in [0.1, 0.15) is 0 Å². The van der Waals surface area contributed by atoms with E-state index in [0.717, 1.165) is 19.3 Å². The van der Waals surface area contributed by atoms with Crippen LogP contribution < -0.4 is 0 Å². The predicted molar refractivity (Wildman–Crippen MR) is 196 cm³/mol. The summed E-state index contributed by atoms with van der Waals surface area (Å²) >= 11 is 0. The Bertz CT molecular complexity index is 2530. The van der Waals surface area contributed by atoms with Crippen LogP contribution in [-0.2, 0) is 11.8 Å². The third-order valence-corrected chi connectivity index (χ3v) is 11.2. The van der Waals surface area contributed by atoms with Crippen molar-refractivity contribution in [1.82, 2.24) is 4.57 Å². The van der Waals surface area contributed by atoms with Gasteiger partial charge in [-0.05, 0) is 110 Å². The molecule has 0 spiro atoms. The third-order valence-electron chi connectivity index (χ3n) is 11.2. The van der Waals surface area contributed by atoms with Gasteiger partial charge in [-0.3, -0.25) is 0 Å². The second-order valence-corrected chi connectivity index (χ2v) is 13.9. The number of nitrogens with zero attached hydrogens (tertiary/aromatic N) is 1. The minimum atomic E-state index is 0.0620. The van der Waals surface area contributed by atoms with Crippen LogP contribution in [0.15, 0.2) is 133 Å². The van der Waals surface area contributed by atoms with E-state index < -0.39 is 0 Å². The largest absolute Gasteiger partial charge is 0.309 e. The van der Waals surface area contributed by atoms with E-state index in [1.54, 1.807) is 0 Å². The van der Waals surface area contributed by atoms with Gasteiger partial charge in [-0.1, -0.05) is 117 Å². The maximum Gasteiger partial charge on any atom is 0.0541 e. The van der Waals surface area contributed by atoms with E-state index in [0.29, 0.717) is 5.92 Å². The van der Waals surface area contributed by atoms with Gasteiger partial charge in [0.2, 0.25) is 0 Å². The molecule has 0 saturated heterocycles. The molecule has 7 aromatic rings. The Kier molecular flexibility index (Phi) is 5.36. The zero-order chi connectivity index (χ0) is 30.6. The Labute approximate surface area is 269 Å². The minimum Gasteiger partial charge on any atom is -0.309 e. The number of para-hydroxylation sites is 1. The summed E-state index contributed by atoms with van der Waals surface area (Å²) in [6.45, 7) is 4.75. The summed E-state index contributed by atoms with van der Waals surface area (Å²) in [5.74, 6) is 0.362. The average Bonchev–Trinajstić information content (AvgIpc) is 3.56. The molecule has 220 valence electrons. The molecule has 1 unspecified atom stereocenters. The number of benzene rings is 6. The van der Waals surface area contributed by atoms with Crippen LogP contribution in [0.5, 0.6) is 0 Å². The molecule has 3 aliphatic rings. The molecule has 1 heterocycles. The van der Waals surface area contributed by atoms with E-state index in [2.05, 4.69) is 152 Å². The molecule has 0 amide bonds. The smallest absolute Gasteiger partial charge is 0.0541 e. The van der Waals surface area contributed by atoms with Crippen LogP contribution in [0.1, 0.15) is 60.4 Å². The SMILES string of the molecule is CC1(C)C2=CCC(c3ccc4c(c3)c3ccccc3n4-c3ccc4c(c3)c3c(c5ccccc54)C=CCC3)C=C2c2ccccc21. The van der Waals surface area contributed by atoms with E-state index in [-0.39, 0.29) is 5.41 Å². The third kappa shape index (κ3) is 3.52. The van der Waals surface area contributed by atoms with Crippen molar-refractivity contribution in [2.24, 2.45) is 0 Å². The van der Waals surface area contributed by atoms with Crippen LogP contribution in [0.3, 0.4) is 0 Å². The van der Waals surface area contributed by atoms with E-state index in [4.69, 9.17) is 0 Å². The van der Waals surface area contributed by atoms with Crippen molar-refractivity contribution in [3.05, 3.63) is 161 Å². The summed E-state index contributed by atoms with van der Waals surface area (Å²) < 4.78 is 2.49. The molecule has 0 radical (unpaired) electrons. The zero-order valence-corrected chi connectivity index (χ0v) is 26.3. The highest BCUT2D eigenvalue weighted by Gasteiger charge is 2.39. The van der Waals surface area contributed by atoms with Gasteiger partial charge in [-0.2, -0.15) is 0 Å². The van der Waals surface area contributed by atoms with Crippen LogP contribution in [0, 0.1) is 0 Å². The second kappa shape index (κ2) is 9.44. The predicted octanol–water partition coefficient (Wildman–Crippen LogP) is 11.8. The molecule has 0 bridgehead atoms. The van der Waals surface area contributed by atoms with Crippen molar-refractivity contribution >= 4 is 55.0 Å². The summed E-state index contributed by atoms with van der Waals surface area (Å²) in [5.41, 5.74) is 13.9. The number of hydrogen-bond acceptors (Lipinski definition) is 0. The summed E-state index contributed by atoms with van der Waals surface area (Å²) in [4.78, 5) is 0. The number of fused-ring (bicyclic) bond motifs is 12. The quantitative estimate of drug-likeness (QED) is 0.177. The van der Waals surface area contributed by atoms with Gasteiger partial charge in [0, 0.05) is 27.8 Å². The maximum absolute atomic E-state index is 2.55. The molecule has 6 aromatic carbocycles. The van der Waals surface area contributed by atoms with Crippen molar-refractivity contribution < 1.29 is 0 Å². The van der Waals surface area contributed by atoms with Gasteiger partial charge in [0.15, 0.2) is 0 Å². The molecular weight excluding hydrogens is 555 g/mol. The maximum atomic E-state index is 2.55. The molecule has 3 aliphatic carbocycles. The van der Waals surface area contributed by atoms with Crippen molar-refractivity contribution in [2.75, 3.05) is 0 Å². The standard InChI is InChI=1S/C45H35N/c1-45(2)41-17-9-7-15-36(41)39-25-28(19-23-42(39)45)29-20-24-44-40(26-29)37-16-8-10-18-43(37)46(44)30-21-22-35-33-13-4-3-11-31(33)32-12-5-6-14-34(32)38(35)27-30/h3-5,7-13,15-18,20-28H,6,14,19H2,1-2H3. The Hall–Kier alpha value is -5.14. The molecule has 0 N–H and O–H groups in total. The van der Waals surface area contributed by atoms with Gasteiger partial charge < -0.3 is 4.57 Å². The van der Waals surface area contributed by atoms with Gasteiger partial charge >= 0.3 is 0 Å². The van der Waals surface area contributed by atoms with Crippen LogP contribution in [0.25, 0.3) is 60.7 Å². The molecule has 0 aliphatic heterocycles. The van der Waals surface area contributed by atoms with Crippen molar-refractivity contribution in [2.45, 2.75) is 44.4 Å². The zero-order valence-electron chi connectivity index (χ0n) is 26.3. The van der Waals surface area contributed by atoms with Gasteiger partial charge in [0.05, 0.1) is 11.0 Å². The second-order valence-electron chi connectivity index (χ2n) is 13.9. The highest BCUT2D eigenvalue weighted by molar-refractivity contribution is 6.14. The fourth-order valence-corrected chi connectivity index (χ4v) is 8.99. The molecule has 0 saturated carbocycles. The topological polar surface area (TPSA) is 4.93 Å². The highest BCUT2D eigenvalue weighted by Crippen LogP contribution is 2.53. The van der Waals surface area contributed by atoms with Crippen LogP contribution in [-0.4, -0.2) is 4.57 Å². The van der Waals surface area contributed by atoms with Gasteiger partial charge in [0.25, 0.3) is 0 Å². The molecule has 1 aromatic heterocycles. The lowest BCUT2D eigenvalue weighted by atomic mass is 9.78. The fourth-order valence-electron chi connectivity index (χ4n) is 8.99. The minimum absolute atomic E-state index is 0.0620. The molecule has 46 heavy (non-hydrogen) atoms. The van der Waals surface area contributed by atoms with Crippen molar-refractivity contribution in [1.29, 1.82) is 0 Å². The first-order valence-electron chi connectivity index (χ1n) is 16.8. The Morgan fingerprint density at radius 3 is 2.35 bits per heavy atom. The molecule has 0 fully saturated rings. The van der Waals surface area contributed by atoms with E-state index in [1.165, 1.54) is 88.0 Å². The Morgan fingerprint density at radius 1 is 0.674 bits per heavy atom. The average molecular weight is 590 g/mol. The van der Waals surface area contributed by atoms with E-state index in [1.807, 2.05) is 0 Å². The number of aromatic nitrogens is 1. The van der Waals surface area contributed by atoms with Crippen molar-refractivity contribution in [3.8, 4) is 5.69 Å². The summed E-state index contributed by atoms with van der Waals surface area (Å²) in [5, 5.41) is 8.09. The van der Waals surface area contributed by atoms with Gasteiger partial charge in [-0.25, -0.2) is 0 Å². The highest BCUT2D eigenvalue weighted by atomic mass is 15.0. The van der Waals surface area contributed by atoms with E-state index in [9.17, 15) is 0 Å². The first-order chi connectivity index (χ1) is 22.6. The Morgan fingerprint density at radius 2 is 1.43 bits per heavy atom. The molecule has 1 nitrogen and oxygen atoms in total. The lowest BCUT2D eigenvalue weighted by molar-refractivity contribution is 0.650. The van der Waals surface area contributed by atoms with Crippen LogP contribution in [0.2, 0.25) is 0 Å². The molecule has 1 atom stereocenters.